The highest BCUT2D eigenvalue weighted by atomic mass is 16.5. The SMILES string of the molecule is C/C=C/C=C/C(=O)OCC(=O)N(CCCC)c1c(N)n(CCC)c(=O)[nH]c1=O. The Morgan fingerprint density at radius 1 is 1.21 bits per heavy atom. The number of hydrogen-bond donors (Lipinski definition) is 2. The third-order valence-electron chi connectivity index (χ3n) is 3.84. The summed E-state index contributed by atoms with van der Waals surface area (Å²) in [5, 5.41) is 0. The summed E-state index contributed by atoms with van der Waals surface area (Å²) in [5.41, 5.74) is 4.56. The Morgan fingerprint density at radius 3 is 2.54 bits per heavy atom. The van der Waals surface area contributed by atoms with Crippen LogP contribution in [-0.2, 0) is 20.9 Å². The summed E-state index contributed by atoms with van der Waals surface area (Å²) >= 11 is 0. The van der Waals surface area contributed by atoms with E-state index in [0.717, 1.165) is 6.42 Å². The van der Waals surface area contributed by atoms with E-state index in [2.05, 4.69) is 4.98 Å². The van der Waals surface area contributed by atoms with Crippen LogP contribution in [0.1, 0.15) is 40.0 Å². The molecule has 1 heterocycles. The number of aromatic nitrogens is 2. The maximum Gasteiger partial charge on any atom is 0.331 e. The van der Waals surface area contributed by atoms with Crippen molar-refractivity contribution in [3.63, 3.8) is 0 Å². The standard InChI is InChI=1S/C19H28N4O5/c1-4-7-9-10-15(25)28-13-14(24)22(12-8-5-2)16-17(20)23(11-6-3)19(27)21-18(16)26/h4,7,9-10H,5-6,8,11-13,20H2,1-3H3,(H,21,26,27)/b7-4+,10-9+. The van der Waals surface area contributed by atoms with Gasteiger partial charge in [0.1, 0.15) is 5.82 Å². The number of nitrogens with zero attached hydrogens (tertiary/aromatic N) is 2. The molecule has 0 saturated heterocycles. The Hall–Kier alpha value is -3.10. The van der Waals surface area contributed by atoms with Gasteiger partial charge in [-0.3, -0.25) is 19.1 Å². The summed E-state index contributed by atoms with van der Waals surface area (Å²) in [5.74, 6) is -1.36. The van der Waals surface area contributed by atoms with Gasteiger partial charge in [-0.2, -0.15) is 0 Å². The van der Waals surface area contributed by atoms with Crippen molar-refractivity contribution in [2.45, 2.75) is 46.6 Å². The third-order valence-corrected chi connectivity index (χ3v) is 3.84. The number of rotatable bonds is 10. The molecule has 0 aliphatic carbocycles. The summed E-state index contributed by atoms with van der Waals surface area (Å²) in [7, 11) is 0. The summed E-state index contributed by atoms with van der Waals surface area (Å²) in [6.07, 6.45) is 8.05. The predicted molar refractivity (Wildman–Crippen MR) is 108 cm³/mol. The van der Waals surface area contributed by atoms with Gasteiger partial charge < -0.3 is 15.4 Å². The number of allylic oxidation sites excluding steroid dienone is 3. The number of amides is 1. The largest absolute Gasteiger partial charge is 0.452 e. The van der Waals surface area contributed by atoms with E-state index in [9.17, 15) is 19.2 Å². The number of nitrogens with two attached hydrogens (primary N) is 1. The smallest absolute Gasteiger partial charge is 0.331 e. The van der Waals surface area contributed by atoms with Crippen LogP contribution in [0, 0.1) is 0 Å². The van der Waals surface area contributed by atoms with E-state index in [0.29, 0.717) is 19.4 Å². The van der Waals surface area contributed by atoms with Crippen LogP contribution < -0.4 is 21.9 Å². The van der Waals surface area contributed by atoms with E-state index >= 15 is 0 Å². The molecule has 0 unspecified atom stereocenters. The second-order valence-corrected chi connectivity index (χ2v) is 6.04. The zero-order chi connectivity index (χ0) is 21.1. The van der Waals surface area contributed by atoms with Gasteiger partial charge in [0.2, 0.25) is 0 Å². The Balaban J connectivity index is 3.16. The van der Waals surface area contributed by atoms with Crippen LogP contribution in [0.3, 0.4) is 0 Å². The molecule has 9 heteroatoms. The highest BCUT2D eigenvalue weighted by Gasteiger charge is 2.24. The number of hydrogen-bond acceptors (Lipinski definition) is 6. The average Bonchev–Trinajstić information content (AvgIpc) is 2.65. The first-order valence-electron chi connectivity index (χ1n) is 9.26. The van der Waals surface area contributed by atoms with Crippen LogP contribution >= 0.6 is 0 Å². The lowest BCUT2D eigenvalue weighted by Crippen LogP contribution is -2.43. The summed E-state index contributed by atoms with van der Waals surface area (Å²) in [4.78, 5) is 52.0. The quantitative estimate of drug-likeness (QED) is 0.351. The molecule has 0 bridgehead atoms. The maximum absolute atomic E-state index is 12.7. The molecule has 28 heavy (non-hydrogen) atoms. The molecular formula is C19H28N4O5. The minimum Gasteiger partial charge on any atom is -0.452 e. The van der Waals surface area contributed by atoms with Crippen molar-refractivity contribution in [2.24, 2.45) is 0 Å². The second kappa shape index (κ2) is 11.6. The summed E-state index contributed by atoms with van der Waals surface area (Å²) in [6.45, 7) is 5.55. The van der Waals surface area contributed by atoms with Gasteiger partial charge in [-0.1, -0.05) is 38.5 Å². The van der Waals surface area contributed by atoms with Crippen LogP contribution in [-0.4, -0.2) is 34.6 Å². The number of ether oxygens (including phenoxy) is 1. The Kier molecular flexibility index (Phi) is 9.49. The molecule has 3 N–H and O–H groups in total. The molecule has 154 valence electrons. The van der Waals surface area contributed by atoms with Crippen LogP contribution in [0.2, 0.25) is 0 Å². The Labute approximate surface area is 163 Å². The van der Waals surface area contributed by atoms with Gasteiger partial charge in [0, 0.05) is 19.2 Å². The highest BCUT2D eigenvalue weighted by molar-refractivity contribution is 5.97. The zero-order valence-corrected chi connectivity index (χ0v) is 16.6. The van der Waals surface area contributed by atoms with Crippen molar-refractivity contribution >= 4 is 23.4 Å². The van der Waals surface area contributed by atoms with E-state index < -0.39 is 29.7 Å². The van der Waals surface area contributed by atoms with Crippen molar-refractivity contribution in [2.75, 3.05) is 23.8 Å². The van der Waals surface area contributed by atoms with E-state index in [1.807, 2.05) is 13.8 Å². The third kappa shape index (κ3) is 6.26. The zero-order valence-electron chi connectivity index (χ0n) is 16.6. The van der Waals surface area contributed by atoms with Gasteiger partial charge in [0.25, 0.3) is 11.5 Å². The van der Waals surface area contributed by atoms with Gasteiger partial charge >= 0.3 is 11.7 Å². The Bertz CT molecular complexity index is 851. The molecular weight excluding hydrogens is 364 g/mol. The normalized spacial score (nSPS) is 11.2. The number of anilines is 2. The minimum absolute atomic E-state index is 0.0839. The molecule has 0 radical (unpaired) electrons. The van der Waals surface area contributed by atoms with Gasteiger partial charge in [-0.25, -0.2) is 9.59 Å². The lowest BCUT2D eigenvalue weighted by Gasteiger charge is -2.24. The highest BCUT2D eigenvalue weighted by Crippen LogP contribution is 2.18. The molecule has 0 fully saturated rings. The first-order valence-corrected chi connectivity index (χ1v) is 9.26. The topological polar surface area (TPSA) is 127 Å². The van der Waals surface area contributed by atoms with Crippen molar-refractivity contribution in [3.8, 4) is 0 Å². The summed E-state index contributed by atoms with van der Waals surface area (Å²) in [6, 6.07) is 0. The van der Waals surface area contributed by atoms with Crippen molar-refractivity contribution in [3.05, 3.63) is 45.1 Å². The predicted octanol–water partition coefficient (Wildman–Crippen LogP) is 1.34. The van der Waals surface area contributed by atoms with Crippen molar-refractivity contribution in [1.82, 2.24) is 9.55 Å². The summed E-state index contributed by atoms with van der Waals surface area (Å²) < 4.78 is 6.16. The van der Waals surface area contributed by atoms with Gasteiger partial charge in [0.05, 0.1) is 0 Å². The molecule has 0 aliphatic heterocycles. The molecule has 1 amide bonds. The number of carbonyl (C=O) groups excluding carboxylic acids is 2. The van der Waals surface area contributed by atoms with Gasteiger partial charge in [-0.15, -0.1) is 0 Å². The second-order valence-electron chi connectivity index (χ2n) is 6.04. The fourth-order valence-electron chi connectivity index (χ4n) is 2.47. The Morgan fingerprint density at radius 2 is 1.93 bits per heavy atom. The number of nitrogen functional groups attached to an aromatic ring is 1. The van der Waals surface area contributed by atoms with Crippen LogP contribution in [0.15, 0.2) is 33.9 Å². The van der Waals surface area contributed by atoms with Gasteiger partial charge in [-0.05, 0) is 19.8 Å². The molecule has 1 rings (SSSR count). The van der Waals surface area contributed by atoms with Gasteiger partial charge in [0.15, 0.2) is 12.3 Å². The van der Waals surface area contributed by atoms with E-state index in [1.165, 1.54) is 21.6 Å². The lowest BCUT2D eigenvalue weighted by atomic mass is 10.2. The number of carbonyl (C=O) groups is 2. The molecule has 0 aromatic carbocycles. The van der Waals surface area contributed by atoms with E-state index in [-0.39, 0.29) is 18.1 Å². The number of aromatic amines is 1. The number of H-pyrrole nitrogens is 1. The molecule has 0 atom stereocenters. The number of esters is 1. The number of nitrogens with one attached hydrogen (secondary N) is 1. The first-order chi connectivity index (χ1) is 13.4. The minimum atomic E-state index is -0.751. The number of unbranched alkanes of at least 4 members (excludes halogenated alkanes) is 1. The fourth-order valence-corrected chi connectivity index (χ4v) is 2.47. The van der Waals surface area contributed by atoms with E-state index in [1.54, 1.807) is 19.1 Å². The average molecular weight is 392 g/mol. The molecule has 0 aliphatic rings. The van der Waals surface area contributed by atoms with Crippen molar-refractivity contribution in [1.29, 1.82) is 0 Å². The lowest BCUT2D eigenvalue weighted by molar-refractivity contribution is -0.143. The van der Waals surface area contributed by atoms with Crippen LogP contribution in [0.25, 0.3) is 0 Å². The first kappa shape index (κ1) is 22.9. The maximum atomic E-state index is 12.7. The molecule has 1 aromatic heterocycles. The van der Waals surface area contributed by atoms with Crippen LogP contribution in [0.5, 0.6) is 0 Å². The van der Waals surface area contributed by atoms with E-state index in [4.69, 9.17) is 10.5 Å². The molecule has 0 saturated carbocycles. The van der Waals surface area contributed by atoms with Crippen LogP contribution in [0.4, 0.5) is 11.5 Å². The molecule has 1 aromatic rings. The fraction of sp³-hybridized carbons (Fsp3) is 0.474. The van der Waals surface area contributed by atoms with Crippen molar-refractivity contribution < 1.29 is 14.3 Å². The molecule has 9 nitrogen and oxygen atoms in total. The monoisotopic (exact) mass is 392 g/mol. The molecule has 0 spiro atoms.